The third-order valence-electron chi connectivity index (χ3n) is 6.01. The normalized spacial score (nSPS) is 21.9. The molecule has 0 saturated carbocycles. The molecule has 2 N–H and O–H groups in total. The van der Waals surface area contributed by atoms with Gasteiger partial charge in [-0.1, -0.05) is 24.3 Å². The van der Waals surface area contributed by atoms with Crippen LogP contribution in [-0.4, -0.2) is 35.6 Å². The average Bonchev–Trinajstić information content (AvgIpc) is 3.19. The summed E-state index contributed by atoms with van der Waals surface area (Å²) in [6.07, 6.45) is 3.97. The average molecular weight is 340 g/mol. The van der Waals surface area contributed by atoms with Gasteiger partial charge < -0.3 is 15.2 Å². The smallest absolute Gasteiger partial charge is 0.0559 e. The van der Waals surface area contributed by atoms with Crippen molar-refractivity contribution >= 4 is 27.5 Å². The first-order chi connectivity index (χ1) is 12.8. The lowest BCUT2D eigenvalue weighted by atomic mass is 9.96. The number of hydrogen-bond donors (Lipinski definition) is 2. The van der Waals surface area contributed by atoms with E-state index >= 15 is 0 Å². The fourth-order valence-electron chi connectivity index (χ4n) is 4.45. The molecule has 0 amide bonds. The van der Waals surface area contributed by atoms with E-state index in [9.17, 15) is 0 Å². The molecule has 6 rings (SSSR count). The molecular formula is C22H20N4. The Hall–Kier alpha value is -2.85. The maximum absolute atomic E-state index is 4.54. The van der Waals surface area contributed by atoms with Crippen molar-refractivity contribution < 1.29 is 0 Å². The molecule has 4 heterocycles. The molecule has 2 aromatic carbocycles. The minimum absolute atomic E-state index is 0.668. The number of H-pyrrole nitrogens is 1. The van der Waals surface area contributed by atoms with Crippen molar-refractivity contribution in [3.05, 3.63) is 60.9 Å². The third-order valence-corrected chi connectivity index (χ3v) is 6.01. The molecule has 26 heavy (non-hydrogen) atoms. The summed E-state index contributed by atoms with van der Waals surface area (Å²) in [5, 5.41) is 6.07. The Bertz CT molecular complexity index is 1120. The van der Waals surface area contributed by atoms with E-state index in [2.05, 4.69) is 68.7 Å². The van der Waals surface area contributed by atoms with Gasteiger partial charge >= 0.3 is 0 Å². The largest absolute Gasteiger partial charge is 0.368 e. The first kappa shape index (κ1) is 14.3. The summed E-state index contributed by atoms with van der Waals surface area (Å²) in [5.41, 5.74) is 6.00. The van der Waals surface area contributed by atoms with E-state index in [4.69, 9.17) is 0 Å². The molecule has 128 valence electrons. The van der Waals surface area contributed by atoms with Crippen LogP contribution in [-0.2, 0) is 0 Å². The Kier molecular flexibility index (Phi) is 2.93. The van der Waals surface area contributed by atoms with Crippen LogP contribution in [0.25, 0.3) is 32.9 Å². The molecule has 2 fully saturated rings. The van der Waals surface area contributed by atoms with Gasteiger partial charge in [-0.15, -0.1) is 0 Å². The highest BCUT2D eigenvalue weighted by molar-refractivity contribution is 6.08. The third kappa shape index (κ3) is 2.09. The van der Waals surface area contributed by atoms with Crippen molar-refractivity contribution in [3.8, 4) is 11.1 Å². The highest BCUT2D eigenvalue weighted by atomic mass is 15.2. The van der Waals surface area contributed by atoms with Crippen LogP contribution >= 0.6 is 0 Å². The molecule has 0 unspecified atom stereocenters. The Morgan fingerprint density at radius 2 is 1.81 bits per heavy atom. The molecule has 4 heteroatoms. The van der Waals surface area contributed by atoms with E-state index in [0.29, 0.717) is 6.04 Å². The first-order valence-corrected chi connectivity index (χ1v) is 9.29. The highest BCUT2D eigenvalue weighted by Gasteiger charge is 2.39. The predicted octanol–water partition coefficient (Wildman–Crippen LogP) is 3.79. The summed E-state index contributed by atoms with van der Waals surface area (Å²) in [6.45, 7) is 3.40. The van der Waals surface area contributed by atoms with Crippen LogP contribution in [0.15, 0.2) is 60.9 Å². The summed E-state index contributed by atoms with van der Waals surface area (Å²) in [6, 6.07) is 18.1. The molecule has 2 aromatic heterocycles. The van der Waals surface area contributed by atoms with Crippen LogP contribution in [0.1, 0.15) is 0 Å². The van der Waals surface area contributed by atoms with E-state index < -0.39 is 0 Å². The number of nitrogens with one attached hydrogen (secondary N) is 2. The zero-order valence-corrected chi connectivity index (χ0v) is 14.4. The van der Waals surface area contributed by atoms with Crippen molar-refractivity contribution in [1.29, 1.82) is 0 Å². The maximum atomic E-state index is 4.54. The number of aromatic amines is 1. The lowest BCUT2D eigenvalue weighted by molar-refractivity contribution is 0.297. The van der Waals surface area contributed by atoms with Crippen LogP contribution < -0.4 is 10.2 Å². The van der Waals surface area contributed by atoms with Crippen LogP contribution in [0.3, 0.4) is 0 Å². The van der Waals surface area contributed by atoms with Gasteiger partial charge in [-0.2, -0.15) is 0 Å². The van der Waals surface area contributed by atoms with E-state index in [1.807, 2.05) is 12.4 Å². The number of hydrogen-bond acceptors (Lipinski definition) is 3. The molecule has 0 radical (unpaired) electrons. The summed E-state index contributed by atoms with van der Waals surface area (Å²) in [5.74, 6) is 0.807. The number of pyridine rings is 1. The fourth-order valence-corrected chi connectivity index (χ4v) is 4.45. The number of anilines is 1. The summed E-state index contributed by atoms with van der Waals surface area (Å²) < 4.78 is 0. The standard InChI is InChI=1S/C22H20N4/c1-2-4-20-18(3-1)19-8-14(5-6-21(19)25-20)15-7-17(11-23-9-15)26-12-16-10-24-22(16)13-26/h1-9,11,16,22,24-25H,10,12-13H2/t16-,22-/m1/s1. The van der Waals surface area contributed by atoms with E-state index in [0.717, 1.165) is 25.6 Å². The SMILES string of the molecule is c1ccc2c(c1)[nH]c1ccc(-c3cncc(N4C[C@H]5CN[C@@H]5C4)c3)cc12. The first-order valence-electron chi connectivity index (χ1n) is 9.29. The summed E-state index contributed by atoms with van der Waals surface area (Å²) in [4.78, 5) is 10.5. The predicted molar refractivity (Wildman–Crippen MR) is 107 cm³/mol. The number of aromatic nitrogens is 2. The highest BCUT2D eigenvalue weighted by Crippen LogP contribution is 2.33. The number of para-hydroxylation sites is 1. The zero-order chi connectivity index (χ0) is 17.1. The number of rotatable bonds is 2. The molecular weight excluding hydrogens is 320 g/mol. The molecule has 0 bridgehead atoms. The van der Waals surface area contributed by atoms with Crippen molar-refractivity contribution in [1.82, 2.24) is 15.3 Å². The van der Waals surface area contributed by atoms with E-state index in [1.165, 1.54) is 38.6 Å². The van der Waals surface area contributed by atoms with Crippen molar-refractivity contribution in [2.75, 3.05) is 24.5 Å². The number of nitrogens with zero attached hydrogens (tertiary/aromatic N) is 2. The van der Waals surface area contributed by atoms with Gasteiger partial charge in [0.15, 0.2) is 0 Å². The quantitative estimate of drug-likeness (QED) is 0.583. The van der Waals surface area contributed by atoms with Crippen LogP contribution in [0.2, 0.25) is 0 Å². The molecule has 0 aliphatic carbocycles. The van der Waals surface area contributed by atoms with Crippen LogP contribution in [0.4, 0.5) is 5.69 Å². The fraction of sp³-hybridized carbons (Fsp3) is 0.227. The molecule has 2 aliphatic heterocycles. The van der Waals surface area contributed by atoms with Gasteiger partial charge in [0, 0.05) is 65.2 Å². The lowest BCUT2D eigenvalue weighted by Gasteiger charge is -2.29. The molecule has 2 atom stereocenters. The van der Waals surface area contributed by atoms with Gasteiger partial charge in [-0.3, -0.25) is 4.98 Å². The topological polar surface area (TPSA) is 44.0 Å². The molecule has 2 aliphatic rings. The number of benzene rings is 2. The molecule has 4 nitrogen and oxygen atoms in total. The van der Waals surface area contributed by atoms with E-state index in [-0.39, 0.29) is 0 Å². The van der Waals surface area contributed by atoms with Gasteiger partial charge in [0.05, 0.1) is 11.9 Å². The monoisotopic (exact) mass is 340 g/mol. The summed E-state index contributed by atoms with van der Waals surface area (Å²) >= 11 is 0. The Balaban J connectivity index is 1.42. The van der Waals surface area contributed by atoms with Crippen molar-refractivity contribution in [3.63, 3.8) is 0 Å². The molecule has 2 saturated heterocycles. The van der Waals surface area contributed by atoms with Crippen LogP contribution in [0, 0.1) is 5.92 Å². The minimum Gasteiger partial charge on any atom is -0.368 e. The summed E-state index contributed by atoms with van der Waals surface area (Å²) in [7, 11) is 0. The van der Waals surface area contributed by atoms with Gasteiger partial charge in [0.2, 0.25) is 0 Å². The van der Waals surface area contributed by atoms with E-state index in [1.54, 1.807) is 0 Å². The minimum atomic E-state index is 0.668. The van der Waals surface area contributed by atoms with Gasteiger partial charge in [0.1, 0.15) is 0 Å². The maximum Gasteiger partial charge on any atom is 0.0559 e. The van der Waals surface area contributed by atoms with Gasteiger partial charge in [-0.25, -0.2) is 0 Å². The second-order valence-electron chi connectivity index (χ2n) is 7.54. The second-order valence-corrected chi connectivity index (χ2v) is 7.54. The molecule has 4 aromatic rings. The zero-order valence-electron chi connectivity index (χ0n) is 14.4. The Labute approximate surface area is 151 Å². The second kappa shape index (κ2) is 5.32. The Morgan fingerprint density at radius 1 is 0.885 bits per heavy atom. The van der Waals surface area contributed by atoms with Gasteiger partial charge in [-0.05, 0) is 29.8 Å². The number of fused-ring (bicyclic) bond motifs is 4. The van der Waals surface area contributed by atoms with Crippen LogP contribution in [0.5, 0.6) is 0 Å². The lowest BCUT2D eigenvalue weighted by Crippen LogP contribution is -2.51. The van der Waals surface area contributed by atoms with Crippen molar-refractivity contribution in [2.24, 2.45) is 5.92 Å². The Morgan fingerprint density at radius 3 is 2.65 bits per heavy atom. The molecule has 0 spiro atoms. The van der Waals surface area contributed by atoms with Crippen molar-refractivity contribution in [2.45, 2.75) is 6.04 Å². The van der Waals surface area contributed by atoms with Gasteiger partial charge in [0.25, 0.3) is 0 Å².